The fraction of sp³-hybridized carbons (Fsp3) is 0.353. The number of anilines is 2. The second-order valence-electron chi connectivity index (χ2n) is 5.90. The van der Waals surface area contributed by atoms with Gasteiger partial charge in [0.25, 0.3) is 5.56 Å². The molecule has 7 heteroatoms. The lowest BCUT2D eigenvalue weighted by atomic mass is 10.1. The van der Waals surface area contributed by atoms with E-state index in [2.05, 4.69) is 45.4 Å². The molecular formula is C17H21N5OS. The summed E-state index contributed by atoms with van der Waals surface area (Å²) in [5.41, 5.74) is 4.27. The maximum Gasteiger partial charge on any atom is 0.275 e. The van der Waals surface area contributed by atoms with Gasteiger partial charge in [0.2, 0.25) is 10.1 Å². The molecule has 0 aliphatic heterocycles. The maximum atomic E-state index is 12.0. The van der Waals surface area contributed by atoms with E-state index in [9.17, 15) is 4.79 Å². The highest BCUT2D eigenvalue weighted by atomic mass is 32.1. The van der Waals surface area contributed by atoms with Crippen LogP contribution in [0, 0.1) is 6.92 Å². The van der Waals surface area contributed by atoms with Crippen LogP contribution in [0.15, 0.2) is 29.1 Å². The van der Waals surface area contributed by atoms with E-state index < -0.39 is 0 Å². The van der Waals surface area contributed by atoms with E-state index in [0.29, 0.717) is 16.6 Å². The minimum absolute atomic E-state index is 0.132. The van der Waals surface area contributed by atoms with E-state index in [1.54, 1.807) is 6.07 Å². The van der Waals surface area contributed by atoms with Crippen LogP contribution in [-0.2, 0) is 13.0 Å². The van der Waals surface area contributed by atoms with Gasteiger partial charge < -0.3 is 10.2 Å². The molecule has 2 heterocycles. The van der Waals surface area contributed by atoms with Crippen molar-refractivity contribution in [2.75, 3.05) is 24.3 Å². The van der Waals surface area contributed by atoms with Gasteiger partial charge >= 0.3 is 0 Å². The number of hydrogen-bond donors (Lipinski definition) is 1. The van der Waals surface area contributed by atoms with Crippen molar-refractivity contribution in [3.05, 3.63) is 51.4 Å². The molecule has 0 aliphatic rings. The van der Waals surface area contributed by atoms with Gasteiger partial charge in [-0.1, -0.05) is 24.3 Å². The topological polar surface area (TPSA) is 62.5 Å². The third-order valence-corrected chi connectivity index (χ3v) is 4.80. The second-order valence-corrected chi connectivity index (χ2v) is 6.86. The first kappa shape index (κ1) is 16.4. The Morgan fingerprint density at radius 2 is 2.08 bits per heavy atom. The Bertz CT molecular complexity index is 928. The Morgan fingerprint density at radius 3 is 2.75 bits per heavy atom. The summed E-state index contributed by atoms with van der Waals surface area (Å²) in [6, 6.07) is 7.92. The summed E-state index contributed by atoms with van der Waals surface area (Å²) in [6.45, 7) is 4.75. The Hall–Kier alpha value is -2.41. The van der Waals surface area contributed by atoms with Crippen molar-refractivity contribution in [2.24, 2.45) is 0 Å². The number of benzene rings is 1. The molecule has 0 radical (unpaired) electrons. The van der Waals surface area contributed by atoms with Gasteiger partial charge in [0, 0.05) is 38.1 Å². The summed E-state index contributed by atoms with van der Waals surface area (Å²) in [4.78, 5) is 19.2. The molecule has 0 fully saturated rings. The van der Waals surface area contributed by atoms with Crippen LogP contribution in [0.3, 0.4) is 0 Å². The van der Waals surface area contributed by atoms with Gasteiger partial charge in [0.15, 0.2) is 0 Å². The lowest BCUT2D eigenvalue weighted by Gasteiger charge is -2.15. The van der Waals surface area contributed by atoms with Crippen LogP contribution in [-0.4, -0.2) is 28.7 Å². The average Bonchev–Trinajstić information content (AvgIpc) is 2.97. The van der Waals surface area contributed by atoms with E-state index in [-0.39, 0.29) is 5.56 Å². The molecule has 126 valence electrons. The Kier molecular flexibility index (Phi) is 4.53. The Balaban J connectivity index is 1.81. The second kappa shape index (κ2) is 6.60. The van der Waals surface area contributed by atoms with Crippen LogP contribution in [0.2, 0.25) is 0 Å². The van der Waals surface area contributed by atoms with E-state index in [1.807, 2.05) is 21.0 Å². The fourth-order valence-electron chi connectivity index (χ4n) is 2.44. The fourth-order valence-corrected chi connectivity index (χ4v) is 3.26. The molecule has 24 heavy (non-hydrogen) atoms. The van der Waals surface area contributed by atoms with Crippen molar-refractivity contribution in [3.8, 4) is 0 Å². The third-order valence-electron chi connectivity index (χ3n) is 3.93. The predicted octanol–water partition coefficient (Wildman–Crippen LogP) is 2.70. The van der Waals surface area contributed by atoms with Crippen molar-refractivity contribution >= 4 is 27.1 Å². The van der Waals surface area contributed by atoms with Gasteiger partial charge in [-0.05, 0) is 36.6 Å². The summed E-state index contributed by atoms with van der Waals surface area (Å²) in [5, 5.41) is 8.32. The molecule has 1 N–H and O–H groups in total. The van der Waals surface area contributed by atoms with Crippen LogP contribution in [0.5, 0.6) is 0 Å². The van der Waals surface area contributed by atoms with Gasteiger partial charge in [-0.3, -0.25) is 4.79 Å². The van der Waals surface area contributed by atoms with Crippen LogP contribution in [0.4, 0.5) is 10.8 Å². The molecule has 0 amide bonds. The summed E-state index contributed by atoms with van der Waals surface area (Å²) in [5.74, 6) is 0. The monoisotopic (exact) mass is 343 g/mol. The predicted molar refractivity (Wildman–Crippen MR) is 99.3 cm³/mol. The third kappa shape index (κ3) is 3.26. The molecule has 0 bridgehead atoms. The van der Waals surface area contributed by atoms with Gasteiger partial charge in [-0.15, -0.1) is 5.10 Å². The lowest BCUT2D eigenvalue weighted by Crippen LogP contribution is -2.15. The largest absolute Gasteiger partial charge is 0.378 e. The molecule has 0 saturated carbocycles. The Morgan fingerprint density at radius 1 is 1.29 bits per heavy atom. The molecule has 3 aromatic rings. The van der Waals surface area contributed by atoms with E-state index in [0.717, 1.165) is 12.1 Å². The normalized spacial score (nSPS) is 11.0. The summed E-state index contributed by atoms with van der Waals surface area (Å²) >= 11 is 1.40. The number of nitrogens with one attached hydrogen (secondary N) is 1. The maximum absolute atomic E-state index is 12.0. The Labute approximate surface area is 144 Å². The molecule has 0 spiro atoms. The van der Waals surface area contributed by atoms with E-state index in [4.69, 9.17) is 0 Å². The van der Waals surface area contributed by atoms with Crippen LogP contribution >= 0.6 is 11.3 Å². The first-order chi connectivity index (χ1) is 11.5. The highest BCUT2D eigenvalue weighted by molar-refractivity contribution is 7.20. The van der Waals surface area contributed by atoms with Crippen LogP contribution in [0.25, 0.3) is 4.96 Å². The molecule has 3 rings (SSSR count). The van der Waals surface area contributed by atoms with Gasteiger partial charge in [0.05, 0.1) is 0 Å². The number of aromatic nitrogens is 3. The number of fused-ring (bicyclic) bond motifs is 1. The van der Waals surface area contributed by atoms with Crippen molar-refractivity contribution in [1.29, 1.82) is 0 Å². The van der Waals surface area contributed by atoms with E-state index >= 15 is 0 Å². The van der Waals surface area contributed by atoms with E-state index in [1.165, 1.54) is 32.7 Å². The lowest BCUT2D eigenvalue weighted by molar-refractivity contribution is 0.874. The summed E-state index contributed by atoms with van der Waals surface area (Å²) < 4.78 is 1.36. The minimum atomic E-state index is -0.132. The highest BCUT2D eigenvalue weighted by Gasteiger charge is 2.09. The molecular weight excluding hydrogens is 322 g/mol. The average molecular weight is 343 g/mol. The molecule has 0 aliphatic carbocycles. The number of rotatable bonds is 5. The highest BCUT2D eigenvalue weighted by Crippen LogP contribution is 2.21. The van der Waals surface area contributed by atoms with Gasteiger partial charge in [-0.2, -0.15) is 4.52 Å². The first-order valence-corrected chi connectivity index (χ1v) is 8.70. The molecule has 0 unspecified atom stereocenters. The van der Waals surface area contributed by atoms with Crippen LogP contribution < -0.4 is 15.8 Å². The minimum Gasteiger partial charge on any atom is -0.378 e. The number of hydrogen-bond acceptors (Lipinski definition) is 6. The zero-order valence-electron chi connectivity index (χ0n) is 14.3. The van der Waals surface area contributed by atoms with Gasteiger partial charge in [-0.25, -0.2) is 4.98 Å². The van der Waals surface area contributed by atoms with Crippen molar-refractivity contribution in [1.82, 2.24) is 14.6 Å². The zero-order chi connectivity index (χ0) is 17.3. The standard InChI is InChI=1S/C17H21N5OS/c1-5-13-9-15(23)22-17(19-13)24-16(20-22)18-10-12-6-7-14(21(3)4)8-11(12)2/h6-9H,5,10H2,1-4H3,(H,18,20). The zero-order valence-corrected chi connectivity index (χ0v) is 15.1. The van der Waals surface area contributed by atoms with Gasteiger partial charge in [0.1, 0.15) is 0 Å². The molecule has 0 atom stereocenters. The molecule has 6 nitrogen and oxygen atoms in total. The first-order valence-electron chi connectivity index (χ1n) is 7.88. The SMILES string of the molecule is CCc1cc(=O)n2nc(NCc3ccc(N(C)C)cc3C)sc2n1. The smallest absolute Gasteiger partial charge is 0.275 e. The summed E-state index contributed by atoms with van der Waals surface area (Å²) in [7, 11) is 4.06. The quantitative estimate of drug-likeness (QED) is 0.772. The number of aryl methyl sites for hydroxylation is 2. The summed E-state index contributed by atoms with van der Waals surface area (Å²) in [6.07, 6.45) is 0.740. The molecule has 0 saturated heterocycles. The molecule has 1 aromatic carbocycles. The van der Waals surface area contributed by atoms with Crippen molar-refractivity contribution in [3.63, 3.8) is 0 Å². The van der Waals surface area contributed by atoms with Crippen LogP contribution in [0.1, 0.15) is 23.7 Å². The molecule has 2 aromatic heterocycles. The number of nitrogens with zero attached hydrogens (tertiary/aromatic N) is 4. The van der Waals surface area contributed by atoms with Crippen molar-refractivity contribution in [2.45, 2.75) is 26.8 Å². The van der Waals surface area contributed by atoms with Crippen molar-refractivity contribution < 1.29 is 0 Å².